The number of hydrogen-bond acceptors (Lipinski definition) is 7. The molecule has 8 nitrogen and oxygen atoms in total. The monoisotopic (exact) mass is 405 g/mol. The zero-order valence-electron chi connectivity index (χ0n) is 14.6. The van der Waals surface area contributed by atoms with Crippen molar-refractivity contribution in [3.8, 4) is 11.1 Å². The van der Waals surface area contributed by atoms with Crippen LogP contribution in [0, 0.1) is 0 Å². The van der Waals surface area contributed by atoms with Gasteiger partial charge in [-0.25, -0.2) is 9.42 Å². The summed E-state index contributed by atoms with van der Waals surface area (Å²) in [5, 5.41) is 22.6. The minimum atomic E-state index is -1.15. The van der Waals surface area contributed by atoms with Crippen LogP contribution in [0.25, 0.3) is 33.1 Å². The van der Waals surface area contributed by atoms with Crippen LogP contribution >= 0.6 is 11.3 Å². The fourth-order valence-electron chi connectivity index (χ4n) is 3.08. The lowest BCUT2D eigenvalue weighted by molar-refractivity contribution is 0.0699. The molecule has 3 aromatic heterocycles. The van der Waals surface area contributed by atoms with Crippen LogP contribution in [0.4, 0.5) is 5.00 Å². The molecule has 0 unspecified atom stereocenters. The van der Waals surface area contributed by atoms with Gasteiger partial charge in [0, 0.05) is 16.3 Å². The summed E-state index contributed by atoms with van der Waals surface area (Å²) >= 11 is 1.12. The average molecular weight is 405 g/mol. The van der Waals surface area contributed by atoms with Crippen molar-refractivity contribution >= 4 is 50.2 Å². The minimum Gasteiger partial charge on any atom is -0.478 e. The van der Waals surface area contributed by atoms with Gasteiger partial charge in [0.2, 0.25) is 0 Å². The number of carboxylic acids is 1. The molecule has 0 spiro atoms. The number of para-hydroxylation sites is 1. The Kier molecular flexibility index (Phi) is 3.88. The van der Waals surface area contributed by atoms with Crippen molar-refractivity contribution in [1.29, 1.82) is 0 Å². The van der Waals surface area contributed by atoms with Gasteiger partial charge in [-0.1, -0.05) is 24.3 Å². The first-order valence-corrected chi connectivity index (χ1v) is 9.35. The van der Waals surface area contributed by atoms with Gasteiger partial charge in [-0.3, -0.25) is 4.79 Å². The standard InChI is InChI=1S/C20H11N3O5S/c24-18(16-8-11-3-1-2-4-15(11)27-16)21-19-17(20(25)26)12(9-29-19)10-5-6-13-14(7-10)23-28-22-13/h1-9H,(H,21,24)(H,25,26). The molecule has 142 valence electrons. The Labute approximate surface area is 166 Å². The van der Waals surface area contributed by atoms with E-state index < -0.39 is 11.9 Å². The van der Waals surface area contributed by atoms with E-state index in [2.05, 4.69) is 20.3 Å². The minimum absolute atomic E-state index is 0.00438. The van der Waals surface area contributed by atoms with Crippen LogP contribution in [0.5, 0.6) is 0 Å². The normalized spacial score (nSPS) is 11.2. The Morgan fingerprint density at radius 1 is 1.03 bits per heavy atom. The van der Waals surface area contributed by atoms with Crippen molar-refractivity contribution < 1.29 is 23.7 Å². The predicted octanol–water partition coefficient (Wildman–Crippen LogP) is 4.65. The van der Waals surface area contributed by atoms with Gasteiger partial charge in [-0.15, -0.1) is 11.3 Å². The van der Waals surface area contributed by atoms with Crippen molar-refractivity contribution in [2.75, 3.05) is 5.32 Å². The van der Waals surface area contributed by atoms with Crippen molar-refractivity contribution in [2.45, 2.75) is 0 Å². The number of rotatable bonds is 4. The molecule has 0 bridgehead atoms. The molecule has 1 amide bonds. The van der Waals surface area contributed by atoms with Gasteiger partial charge >= 0.3 is 5.97 Å². The second-order valence-corrected chi connectivity index (χ2v) is 7.11. The summed E-state index contributed by atoms with van der Waals surface area (Å²) < 4.78 is 10.2. The zero-order valence-corrected chi connectivity index (χ0v) is 15.4. The highest BCUT2D eigenvalue weighted by Crippen LogP contribution is 2.37. The average Bonchev–Trinajstić information content (AvgIpc) is 3.44. The Morgan fingerprint density at radius 2 is 1.86 bits per heavy atom. The first-order valence-electron chi connectivity index (χ1n) is 8.47. The van der Waals surface area contributed by atoms with Gasteiger partial charge in [0.05, 0.1) is 0 Å². The third-order valence-corrected chi connectivity index (χ3v) is 5.34. The van der Waals surface area contributed by atoms with Crippen LogP contribution in [0.3, 0.4) is 0 Å². The molecule has 29 heavy (non-hydrogen) atoms. The number of hydrogen-bond donors (Lipinski definition) is 2. The quantitative estimate of drug-likeness (QED) is 0.447. The fraction of sp³-hybridized carbons (Fsp3) is 0. The first kappa shape index (κ1) is 17.1. The Bertz CT molecular complexity index is 1360. The van der Waals surface area contributed by atoms with Crippen molar-refractivity contribution in [3.63, 3.8) is 0 Å². The van der Waals surface area contributed by atoms with E-state index in [9.17, 15) is 14.7 Å². The van der Waals surface area contributed by atoms with E-state index in [1.165, 1.54) is 0 Å². The van der Waals surface area contributed by atoms with E-state index >= 15 is 0 Å². The molecule has 0 aliphatic rings. The molecule has 0 atom stereocenters. The van der Waals surface area contributed by atoms with E-state index in [4.69, 9.17) is 4.42 Å². The fourth-order valence-corrected chi connectivity index (χ4v) is 4.04. The van der Waals surface area contributed by atoms with E-state index in [0.717, 1.165) is 16.7 Å². The van der Waals surface area contributed by atoms with E-state index in [1.54, 1.807) is 35.7 Å². The molecule has 0 radical (unpaired) electrons. The summed E-state index contributed by atoms with van der Waals surface area (Å²) in [6, 6.07) is 14.0. The van der Waals surface area contributed by atoms with Crippen molar-refractivity contribution in [1.82, 2.24) is 10.3 Å². The van der Waals surface area contributed by atoms with Crippen LogP contribution < -0.4 is 5.32 Å². The number of amides is 1. The van der Waals surface area contributed by atoms with Crippen LogP contribution in [-0.2, 0) is 0 Å². The maximum absolute atomic E-state index is 12.6. The number of benzene rings is 2. The van der Waals surface area contributed by atoms with Gasteiger partial charge in [-0.2, -0.15) is 0 Å². The number of anilines is 1. The second kappa shape index (κ2) is 6.57. The number of fused-ring (bicyclic) bond motifs is 2. The number of aromatic nitrogens is 2. The largest absolute Gasteiger partial charge is 0.478 e. The predicted molar refractivity (Wildman–Crippen MR) is 106 cm³/mol. The lowest BCUT2D eigenvalue weighted by atomic mass is 10.0. The molecule has 3 heterocycles. The van der Waals surface area contributed by atoms with Gasteiger partial charge in [0.25, 0.3) is 5.91 Å². The molecule has 5 rings (SSSR count). The third-order valence-electron chi connectivity index (χ3n) is 4.45. The molecule has 2 N–H and O–H groups in total. The summed E-state index contributed by atoms with van der Waals surface area (Å²) in [5.41, 5.74) is 2.75. The number of thiophene rings is 1. The summed E-state index contributed by atoms with van der Waals surface area (Å²) in [5.74, 6) is -1.57. The highest BCUT2D eigenvalue weighted by Gasteiger charge is 2.23. The topological polar surface area (TPSA) is 118 Å². The SMILES string of the molecule is O=C(Nc1scc(-c2ccc3nonc3c2)c1C(=O)O)c1cc2ccccc2o1. The van der Waals surface area contributed by atoms with Crippen LogP contribution in [0.1, 0.15) is 20.9 Å². The second-order valence-electron chi connectivity index (χ2n) is 6.23. The van der Waals surface area contributed by atoms with Crippen LogP contribution in [0.15, 0.2) is 63.0 Å². The first-order chi connectivity index (χ1) is 14.1. The highest BCUT2D eigenvalue weighted by atomic mass is 32.1. The zero-order chi connectivity index (χ0) is 20.0. The maximum Gasteiger partial charge on any atom is 0.339 e. The van der Waals surface area contributed by atoms with Crippen LogP contribution in [-0.4, -0.2) is 27.3 Å². The van der Waals surface area contributed by atoms with Crippen molar-refractivity contribution in [2.24, 2.45) is 0 Å². The maximum atomic E-state index is 12.6. The van der Waals surface area contributed by atoms with E-state index in [-0.39, 0.29) is 16.3 Å². The molecular weight excluding hydrogens is 394 g/mol. The Hall–Kier alpha value is -3.98. The Morgan fingerprint density at radius 3 is 2.69 bits per heavy atom. The Balaban J connectivity index is 1.51. The van der Waals surface area contributed by atoms with E-state index in [0.29, 0.717) is 27.7 Å². The van der Waals surface area contributed by atoms with Crippen molar-refractivity contribution in [3.05, 3.63) is 65.2 Å². The summed E-state index contributed by atoms with van der Waals surface area (Å²) in [6.45, 7) is 0. The number of nitrogens with zero attached hydrogens (tertiary/aromatic N) is 2. The lowest BCUT2D eigenvalue weighted by Gasteiger charge is -2.04. The summed E-state index contributed by atoms with van der Waals surface area (Å²) in [4.78, 5) is 24.6. The van der Waals surface area contributed by atoms with Crippen LogP contribution in [0.2, 0.25) is 0 Å². The van der Waals surface area contributed by atoms with E-state index in [1.807, 2.05) is 18.2 Å². The number of furan rings is 1. The molecule has 2 aromatic carbocycles. The highest BCUT2D eigenvalue weighted by molar-refractivity contribution is 7.15. The molecule has 0 saturated carbocycles. The molecule has 5 aromatic rings. The van der Waals surface area contributed by atoms with Gasteiger partial charge in [-0.05, 0) is 40.1 Å². The number of carbonyl (C=O) groups excluding carboxylic acids is 1. The molecule has 0 fully saturated rings. The third kappa shape index (κ3) is 2.93. The summed E-state index contributed by atoms with van der Waals surface area (Å²) in [6.07, 6.45) is 0. The van der Waals surface area contributed by atoms with Gasteiger partial charge in [0.1, 0.15) is 27.2 Å². The molecular formula is C20H11N3O5S. The lowest BCUT2D eigenvalue weighted by Crippen LogP contribution is -2.12. The summed E-state index contributed by atoms with van der Waals surface area (Å²) in [7, 11) is 0. The molecule has 0 aliphatic heterocycles. The smallest absolute Gasteiger partial charge is 0.339 e. The number of aromatic carboxylic acids is 1. The number of carbonyl (C=O) groups is 2. The molecule has 0 saturated heterocycles. The van der Waals surface area contributed by atoms with Gasteiger partial charge in [0.15, 0.2) is 5.76 Å². The number of carboxylic acid groups (broad SMARTS) is 1. The molecule has 9 heteroatoms. The molecule has 0 aliphatic carbocycles. The van der Waals surface area contributed by atoms with Gasteiger partial charge < -0.3 is 14.8 Å². The number of nitrogens with one attached hydrogen (secondary N) is 1.